The number of rotatable bonds is 53. The number of hydrogen-bond acceptors (Lipinski definition) is 7. The van der Waals surface area contributed by atoms with Crippen LogP contribution >= 0.6 is 7.82 Å². The summed E-state index contributed by atoms with van der Waals surface area (Å²) >= 11 is 0. The first-order valence-electron chi connectivity index (χ1n) is 30.6. The van der Waals surface area contributed by atoms with E-state index in [1.165, 1.54) is 44.9 Å². The highest BCUT2D eigenvalue weighted by Gasteiger charge is 2.27. The highest BCUT2D eigenvalue weighted by Crippen LogP contribution is 2.38. The van der Waals surface area contributed by atoms with Gasteiger partial charge in [0.15, 0.2) is 0 Å². The van der Waals surface area contributed by atoms with Crippen molar-refractivity contribution in [3.8, 4) is 0 Å². The van der Waals surface area contributed by atoms with Gasteiger partial charge in [0.05, 0.1) is 33.8 Å². The van der Waals surface area contributed by atoms with Crippen LogP contribution in [-0.4, -0.2) is 69.4 Å². The second-order valence-electron chi connectivity index (χ2n) is 21.1. The Balaban J connectivity index is 5.31. The standard InChI is InChI=1S/C68H113N2O7P/c1-7-10-13-16-19-22-25-27-29-31-32-33-34-35-36-37-38-39-41-43-46-49-52-55-58-61-68(72)77-66(59-56-53-50-47-44-24-21-18-15-12-9-3)65(64-76-78(73,74)75-63-62-70(4,5)6)69-67(71)60-57-54-51-48-45-42-40-30-28-26-23-20-17-14-11-8-2/h10-11,13-14,19-20,22-23,27-30,32-33,35-36,38-39,42,45,51,54,56,59,65-66H,7-9,12,15-18,21,24-26,31,34,37,40-41,43-44,46-50,52-53,55,57-58,60-64H2,1-6H3,(H-,69,71,73,74)/b13-10-,14-11+,22-19-,23-20+,29-27-,30-28+,33-32-,36-35-,39-38-,45-42+,54-51+,59-56-. The molecule has 3 atom stereocenters. The average molecular weight is 1100 g/mol. The van der Waals surface area contributed by atoms with E-state index < -0.39 is 26.6 Å². The molecule has 0 saturated heterocycles. The van der Waals surface area contributed by atoms with Crippen molar-refractivity contribution >= 4 is 19.7 Å². The van der Waals surface area contributed by atoms with Gasteiger partial charge in [-0.1, -0.05) is 238 Å². The van der Waals surface area contributed by atoms with Crippen molar-refractivity contribution in [3.05, 3.63) is 146 Å². The number of phosphoric ester groups is 1. The maximum atomic E-state index is 13.5. The second kappa shape index (κ2) is 56.2. The van der Waals surface area contributed by atoms with E-state index in [0.717, 1.165) is 128 Å². The summed E-state index contributed by atoms with van der Waals surface area (Å²) in [4.78, 5) is 39.9. The van der Waals surface area contributed by atoms with Crippen LogP contribution in [-0.2, 0) is 27.9 Å². The Morgan fingerprint density at radius 2 is 0.833 bits per heavy atom. The second-order valence-corrected chi connectivity index (χ2v) is 22.5. The molecule has 0 aromatic heterocycles. The van der Waals surface area contributed by atoms with Gasteiger partial charge in [-0.25, -0.2) is 0 Å². The topological polar surface area (TPSA) is 114 Å². The first-order valence-corrected chi connectivity index (χ1v) is 32.1. The lowest BCUT2D eigenvalue weighted by molar-refractivity contribution is -0.870. The largest absolute Gasteiger partial charge is 0.756 e. The van der Waals surface area contributed by atoms with Crippen LogP contribution in [0.2, 0.25) is 0 Å². The summed E-state index contributed by atoms with van der Waals surface area (Å²) in [5.74, 6) is -0.668. The smallest absolute Gasteiger partial charge is 0.306 e. The monoisotopic (exact) mass is 1100 g/mol. The van der Waals surface area contributed by atoms with Gasteiger partial charge in [-0.15, -0.1) is 0 Å². The Morgan fingerprint density at radius 1 is 0.462 bits per heavy atom. The molecule has 0 aliphatic heterocycles. The Hall–Kier alpha value is -4.11. The molecule has 0 aromatic rings. The van der Waals surface area contributed by atoms with E-state index in [2.05, 4.69) is 148 Å². The van der Waals surface area contributed by atoms with Gasteiger partial charge in [0, 0.05) is 12.8 Å². The van der Waals surface area contributed by atoms with Crippen LogP contribution < -0.4 is 10.2 Å². The summed E-state index contributed by atoms with van der Waals surface area (Å²) in [6.07, 6.45) is 81.2. The number of phosphoric acid groups is 1. The average Bonchev–Trinajstić information content (AvgIpc) is 3.41. The van der Waals surface area contributed by atoms with Crippen LogP contribution in [0.3, 0.4) is 0 Å². The molecule has 0 fully saturated rings. The predicted octanol–water partition coefficient (Wildman–Crippen LogP) is 18.4. The Kier molecular flexibility index (Phi) is 53.2. The summed E-state index contributed by atoms with van der Waals surface area (Å²) in [5.41, 5.74) is 0. The number of allylic oxidation sites excluding steroid dienone is 23. The summed E-state index contributed by atoms with van der Waals surface area (Å²) in [7, 11) is 1.11. The van der Waals surface area contributed by atoms with Gasteiger partial charge < -0.3 is 28.5 Å². The summed E-state index contributed by atoms with van der Waals surface area (Å²) in [6.45, 7) is 6.51. The number of likely N-dealkylation sites (N-methyl/N-ethyl adjacent to an activating group) is 1. The molecule has 1 amide bonds. The van der Waals surface area contributed by atoms with Crippen molar-refractivity contribution in [1.82, 2.24) is 5.32 Å². The molecule has 0 aromatic carbocycles. The maximum Gasteiger partial charge on any atom is 0.306 e. The number of amides is 1. The van der Waals surface area contributed by atoms with E-state index in [-0.39, 0.29) is 31.3 Å². The number of nitrogens with zero attached hydrogens (tertiary/aromatic N) is 1. The number of hydrogen-bond donors (Lipinski definition) is 1. The van der Waals surface area contributed by atoms with Gasteiger partial charge >= 0.3 is 5.97 Å². The molecule has 0 rings (SSSR count). The number of nitrogens with one attached hydrogen (secondary N) is 1. The minimum Gasteiger partial charge on any atom is -0.756 e. The van der Waals surface area contributed by atoms with Crippen LogP contribution in [0, 0.1) is 0 Å². The van der Waals surface area contributed by atoms with E-state index in [1.54, 1.807) is 6.08 Å². The number of ether oxygens (including phenoxy) is 1. The van der Waals surface area contributed by atoms with Crippen molar-refractivity contribution < 1.29 is 37.3 Å². The van der Waals surface area contributed by atoms with Gasteiger partial charge in [-0.3, -0.25) is 14.2 Å². The number of unbranched alkanes of at least 4 members (excludes halogenated alkanes) is 15. The Morgan fingerprint density at radius 3 is 1.26 bits per heavy atom. The van der Waals surface area contributed by atoms with E-state index in [9.17, 15) is 19.0 Å². The molecule has 0 heterocycles. The molecule has 78 heavy (non-hydrogen) atoms. The molecule has 3 unspecified atom stereocenters. The molecular weight excluding hydrogens is 988 g/mol. The van der Waals surface area contributed by atoms with E-state index in [4.69, 9.17) is 13.8 Å². The van der Waals surface area contributed by atoms with Crippen LogP contribution in [0.15, 0.2) is 146 Å². The minimum absolute atomic E-state index is 0.0465. The maximum absolute atomic E-state index is 13.5. The van der Waals surface area contributed by atoms with Crippen LogP contribution in [0.5, 0.6) is 0 Å². The molecule has 442 valence electrons. The third-order valence-electron chi connectivity index (χ3n) is 12.5. The van der Waals surface area contributed by atoms with Gasteiger partial charge in [0.2, 0.25) is 5.91 Å². The van der Waals surface area contributed by atoms with Gasteiger partial charge in [0.25, 0.3) is 7.82 Å². The van der Waals surface area contributed by atoms with Crippen molar-refractivity contribution in [2.45, 2.75) is 232 Å². The lowest BCUT2D eigenvalue weighted by Gasteiger charge is -2.30. The Bertz CT molecular complexity index is 1840. The minimum atomic E-state index is -4.73. The van der Waals surface area contributed by atoms with Crippen molar-refractivity contribution in [2.24, 2.45) is 0 Å². The summed E-state index contributed by atoms with van der Waals surface area (Å²) < 4.78 is 30.2. The van der Waals surface area contributed by atoms with Crippen LogP contribution in [0.25, 0.3) is 0 Å². The first-order chi connectivity index (χ1) is 37.9. The van der Waals surface area contributed by atoms with Gasteiger partial charge in [-0.2, -0.15) is 0 Å². The fourth-order valence-corrected chi connectivity index (χ4v) is 8.59. The quantitative estimate of drug-likeness (QED) is 0.0212. The number of quaternary nitrogens is 1. The SMILES string of the molecule is CC/C=C\C/C=C\C/C=C\C/C=C\C/C=C\C/C=C\CCCCCCCCC(=O)OC(/C=C\CCCCCCCCCCC)C(COP(=O)([O-])OCC[N+](C)(C)C)NC(=O)CC/C=C/C/C=C/C/C=C/C/C=C/C/C=C/CC. The number of carbonyl (C=O) groups excluding carboxylic acids is 2. The van der Waals surface area contributed by atoms with Gasteiger partial charge in [0.1, 0.15) is 19.3 Å². The molecule has 0 saturated carbocycles. The zero-order chi connectivity index (χ0) is 57.2. The lowest BCUT2D eigenvalue weighted by Crippen LogP contribution is -2.47. The fourth-order valence-electron chi connectivity index (χ4n) is 7.86. The summed E-state index contributed by atoms with van der Waals surface area (Å²) in [6, 6.07) is -0.945. The fraction of sp³-hybridized carbons (Fsp3) is 0.618. The van der Waals surface area contributed by atoms with E-state index in [1.807, 2.05) is 39.4 Å². The molecule has 10 heteroatoms. The summed E-state index contributed by atoms with van der Waals surface area (Å²) in [5, 5.41) is 2.96. The molecule has 0 aliphatic carbocycles. The van der Waals surface area contributed by atoms with Crippen molar-refractivity contribution in [1.29, 1.82) is 0 Å². The predicted molar refractivity (Wildman–Crippen MR) is 334 cm³/mol. The zero-order valence-corrected chi connectivity index (χ0v) is 51.2. The molecule has 1 N–H and O–H groups in total. The Labute approximate surface area is 478 Å². The van der Waals surface area contributed by atoms with Gasteiger partial charge in [-0.05, 0) is 115 Å². The molecule has 9 nitrogen and oxygen atoms in total. The normalized spacial score (nSPS) is 14.7. The molecule has 0 spiro atoms. The van der Waals surface area contributed by atoms with Crippen LogP contribution in [0.4, 0.5) is 0 Å². The van der Waals surface area contributed by atoms with Crippen molar-refractivity contribution in [2.75, 3.05) is 40.9 Å². The molecule has 0 aliphatic rings. The highest BCUT2D eigenvalue weighted by atomic mass is 31.2. The zero-order valence-electron chi connectivity index (χ0n) is 50.3. The highest BCUT2D eigenvalue weighted by molar-refractivity contribution is 7.45. The van der Waals surface area contributed by atoms with Crippen molar-refractivity contribution in [3.63, 3.8) is 0 Å². The number of carbonyl (C=O) groups is 2. The van der Waals surface area contributed by atoms with Crippen LogP contribution in [0.1, 0.15) is 220 Å². The first kappa shape index (κ1) is 73.9. The molecule has 0 radical (unpaired) electrons. The number of esters is 1. The molecular formula is C68H113N2O7P. The third kappa shape index (κ3) is 56.6. The third-order valence-corrected chi connectivity index (χ3v) is 13.5. The molecule has 0 bridgehead atoms. The van der Waals surface area contributed by atoms with E-state index in [0.29, 0.717) is 23.9 Å². The van der Waals surface area contributed by atoms with E-state index >= 15 is 0 Å². The lowest BCUT2D eigenvalue weighted by atomic mass is 10.1.